The molecule has 0 bridgehead atoms. The minimum absolute atomic E-state index is 0.172. The summed E-state index contributed by atoms with van der Waals surface area (Å²) in [6.45, 7) is 7.10. The Morgan fingerprint density at radius 2 is 1.95 bits per heavy atom. The first-order valence-electron chi connectivity index (χ1n) is 7.93. The molecule has 2 aliphatic rings. The van der Waals surface area contributed by atoms with Gasteiger partial charge in [-0.25, -0.2) is 0 Å². The number of anilines is 1. The van der Waals surface area contributed by atoms with E-state index in [9.17, 15) is 9.59 Å². The molecule has 5 heteroatoms. The van der Waals surface area contributed by atoms with E-state index in [0.29, 0.717) is 18.9 Å². The van der Waals surface area contributed by atoms with E-state index in [1.165, 1.54) is 5.69 Å². The van der Waals surface area contributed by atoms with E-state index in [0.717, 1.165) is 25.2 Å². The van der Waals surface area contributed by atoms with E-state index in [4.69, 9.17) is 0 Å². The summed E-state index contributed by atoms with van der Waals surface area (Å²) in [6, 6.07) is 8.70. The van der Waals surface area contributed by atoms with Gasteiger partial charge in [0.2, 0.25) is 11.8 Å². The van der Waals surface area contributed by atoms with Crippen LogP contribution in [0.15, 0.2) is 24.3 Å². The Balaban J connectivity index is 1.82. The van der Waals surface area contributed by atoms with Crippen molar-refractivity contribution in [3.63, 3.8) is 0 Å². The van der Waals surface area contributed by atoms with Crippen LogP contribution in [0.5, 0.6) is 0 Å². The number of benzene rings is 1. The summed E-state index contributed by atoms with van der Waals surface area (Å²) in [4.78, 5) is 25.9. The molecule has 1 aromatic rings. The second kappa shape index (κ2) is 5.72. The van der Waals surface area contributed by atoms with Crippen LogP contribution in [0.2, 0.25) is 0 Å². The molecule has 2 atom stereocenters. The van der Waals surface area contributed by atoms with Crippen molar-refractivity contribution in [1.29, 1.82) is 0 Å². The summed E-state index contributed by atoms with van der Waals surface area (Å²) >= 11 is 0. The van der Waals surface area contributed by atoms with Gasteiger partial charge in [0, 0.05) is 37.8 Å². The van der Waals surface area contributed by atoms with Crippen molar-refractivity contribution >= 4 is 17.5 Å². The Hall–Kier alpha value is -1.88. The molecule has 5 nitrogen and oxygen atoms in total. The van der Waals surface area contributed by atoms with Gasteiger partial charge in [-0.15, -0.1) is 0 Å². The van der Waals surface area contributed by atoms with E-state index in [-0.39, 0.29) is 11.8 Å². The normalized spacial score (nSPS) is 29.4. The number of carbonyl (C=O) groups is 2. The van der Waals surface area contributed by atoms with Crippen LogP contribution in [0, 0.1) is 0 Å². The van der Waals surface area contributed by atoms with Gasteiger partial charge in [0.15, 0.2) is 0 Å². The van der Waals surface area contributed by atoms with Crippen molar-refractivity contribution in [3.05, 3.63) is 29.8 Å². The molecule has 0 aliphatic carbocycles. The van der Waals surface area contributed by atoms with Gasteiger partial charge in [-0.05, 0) is 38.0 Å². The second-order valence-corrected chi connectivity index (χ2v) is 6.50. The molecule has 2 heterocycles. The predicted octanol–water partition coefficient (Wildman–Crippen LogP) is 1.18. The average Bonchev–Trinajstić information content (AvgIpc) is 2.52. The van der Waals surface area contributed by atoms with E-state index < -0.39 is 5.41 Å². The maximum Gasteiger partial charge on any atom is 0.236 e. The Kier molecular flexibility index (Phi) is 3.91. The highest BCUT2D eigenvalue weighted by molar-refractivity contribution is 6.03. The van der Waals surface area contributed by atoms with Gasteiger partial charge in [0.25, 0.3) is 0 Å². The molecular formula is C17H23N3O2. The Morgan fingerprint density at radius 1 is 1.23 bits per heavy atom. The van der Waals surface area contributed by atoms with Gasteiger partial charge in [0.05, 0.1) is 5.41 Å². The molecule has 2 saturated heterocycles. The number of piperazine rings is 1. The number of rotatable bonds is 2. The third-order valence-electron chi connectivity index (χ3n) is 4.94. The lowest BCUT2D eigenvalue weighted by Gasteiger charge is -2.37. The van der Waals surface area contributed by atoms with Crippen LogP contribution in [0.1, 0.15) is 32.3 Å². The van der Waals surface area contributed by atoms with Crippen LogP contribution < -0.4 is 15.5 Å². The zero-order valence-corrected chi connectivity index (χ0v) is 13.2. The fourth-order valence-electron chi connectivity index (χ4n) is 3.32. The molecular weight excluding hydrogens is 278 g/mol. The highest BCUT2D eigenvalue weighted by atomic mass is 16.2. The summed E-state index contributed by atoms with van der Waals surface area (Å²) < 4.78 is 0. The van der Waals surface area contributed by atoms with Gasteiger partial charge >= 0.3 is 0 Å². The molecule has 0 radical (unpaired) electrons. The first kappa shape index (κ1) is 15.0. The van der Waals surface area contributed by atoms with Gasteiger partial charge in [-0.3, -0.25) is 14.9 Å². The lowest BCUT2D eigenvalue weighted by molar-refractivity contribution is -0.137. The first-order valence-corrected chi connectivity index (χ1v) is 7.93. The predicted molar refractivity (Wildman–Crippen MR) is 85.9 cm³/mol. The Morgan fingerprint density at radius 3 is 2.59 bits per heavy atom. The standard InChI is InChI=1S/C17H23N3O2/c1-12-11-18-9-10-20(12)14-5-3-13(4-6-14)17(2)8-7-15(21)19-16(17)22/h3-6,12,18H,7-11H2,1-2H3,(H,19,21,22)/t12-,17+/m0/s1. The molecule has 1 aromatic carbocycles. The van der Waals surface area contributed by atoms with E-state index >= 15 is 0 Å². The number of hydrogen-bond donors (Lipinski definition) is 2. The zero-order chi connectivity index (χ0) is 15.7. The summed E-state index contributed by atoms with van der Waals surface area (Å²) in [6.07, 6.45) is 0.972. The van der Waals surface area contributed by atoms with Crippen LogP contribution in [0.25, 0.3) is 0 Å². The van der Waals surface area contributed by atoms with Crippen molar-refractivity contribution in [2.45, 2.75) is 38.1 Å². The molecule has 0 spiro atoms. The number of nitrogens with zero attached hydrogens (tertiary/aromatic N) is 1. The minimum atomic E-state index is -0.610. The lowest BCUT2D eigenvalue weighted by atomic mass is 9.75. The molecule has 0 unspecified atom stereocenters. The summed E-state index contributed by atoms with van der Waals surface area (Å²) in [7, 11) is 0. The van der Waals surface area contributed by atoms with Crippen LogP contribution in [0.3, 0.4) is 0 Å². The molecule has 0 saturated carbocycles. The largest absolute Gasteiger partial charge is 0.366 e. The highest BCUT2D eigenvalue weighted by Gasteiger charge is 2.39. The topological polar surface area (TPSA) is 61.4 Å². The Bertz CT molecular complexity index is 584. The summed E-state index contributed by atoms with van der Waals surface area (Å²) in [5.74, 6) is -0.360. The monoisotopic (exact) mass is 301 g/mol. The van der Waals surface area contributed by atoms with Crippen LogP contribution >= 0.6 is 0 Å². The van der Waals surface area contributed by atoms with Crippen LogP contribution in [-0.4, -0.2) is 37.5 Å². The van der Waals surface area contributed by atoms with Crippen molar-refractivity contribution < 1.29 is 9.59 Å². The molecule has 2 fully saturated rings. The van der Waals surface area contributed by atoms with Gasteiger partial charge in [0.1, 0.15) is 0 Å². The van der Waals surface area contributed by atoms with Gasteiger partial charge in [-0.2, -0.15) is 0 Å². The maximum absolute atomic E-state index is 12.2. The minimum Gasteiger partial charge on any atom is -0.366 e. The number of carbonyl (C=O) groups excluding carboxylic acids is 2. The fourth-order valence-corrected chi connectivity index (χ4v) is 3.32. The van der Waals surface area contributed by atoms with E-state index in [1.54, 1.807) is 0 Å². The molecule has 0 aromatic heterocycles. The smallest absolute Gasteiger partial charge is 0.236 e. The molecule has 3 rings (SSSR count). The third-order valence-corrected chi connectivity index (χ3v) is 4.94. The van der Waals surface area contributed by atoms with E-state index in [2.05, 4.69) is 34.6 Å². The highest BCUT2D eigenvalue weighted by Crippen LogP contribution is 2.33. The van der Waals surface area contributed by atoms with Crippen LogP contribution in [0.4, 0.5) is 5.69 Å². The number of imide groups is 1. The number of nitrogens with one attached hydrogen (secondary N) is 2. The number of amides is 2. The van der Waals surface area contributed by atoms with E-state index in [1.807, 2.05) is 19.1 Å². The second-order valence-electron chi connectivity index (χ2n) is 6.50. The van der Waals surface area contributed by atoms with Gasteiger partial charge < -0.3 is 10.2 Å². The zero-order valence-electron chi connectivity index (χ0n) is 13.2. The first-order chi connectivity index (χ1) is 10.5. The van der Waals surface area contributed by atoms with Crippen molar-refractivity contribution in [1.82, 2.24) is 10.6 Å². The van der Waals surface area contributed by atoms with Crippen molar-refractivity contribution in [3.8, 4) is 0 Å². The quantitative estimate of drug-likeness (QED) is 0.805. The molecule has 22 heavy (non-hydrogen) atoms. The SMILES string of the molecule is C[C@H]1CNCCN1c1ccc([C@@]2(C)CCC(=O)NC2=O)cc1. The average molecular weight is 301 g/mol. The van der Waals surface area contributed by atoms with Gasteiger partial charge in [-0.1, -0.05) is 12.1 Å². The third kappa shape index (κ3) is 2.61. The van der Waals surface area contributed by atoms with Crippen molar-refractivity contribution in [2.24, 2.45) is 0 Å². The van der Waals surface area contributed by atoms with Crippen LogP contribution in [-0.2, 0) is 15.0 Å². The lowest BCUT2D eigenvalue weighted by Crippen LogP contribution is -2.50. The number of hydrogen-bond acceptors (Lipinski definition) is 4. The Labute approximate surface area is 131 Å². The van der Waals surface area contributed by atoms with Crippen molar-refractivity contribution in [2.75, 3.05) is 24.5 Å². The molecule has 2 aliphatic heterocycles. The summed E-state index contributed by atoms with van der Waals surface area (Å²) in [5, 5.41) is 5.84. The molecule has 2 N–H and O–H groups in total. The molecule has 2 amide bonds. The number of piperidine rings is 1. The maximum atomic E-state index is 12.2. The molecule has 118 valence electrons. The fraction of sp³-hybridized carbons (Fsp3) is 0.529. The summed E-state index contributed by atoms with van der Waals surface area (Å²) in [5.41, 5.74) is 1.55.